The quantitative estimate of drug-likeness (QED) is 0.768. The molecule has 0 amide bonds. The SMILES string of the molecule is Cc1c(C)n(CCc2ncn(C)n2)c2ncnc(N)c12. The molecule has 0 radical (unpaired) electrons. The van der Waals surface area contributed by atoms with Crippen molar-refractivity contribution >= 4 is 16.9 Å². The molecular formula is C13H17N7. The number of hydrogen-bond donors (Lipinski definition) is 1. The molecular weight excluding hydrogens is 254 g/mol. The molecule has 0 bridgehead atoms. The molecule has 0 unspecified atom stereocenters. The van der Waals surface area contributed by atoms with Crippen molar-refractivity contribution in [2.45, 2.75) is 26.8 Å². The van der Waals surface area contributed by atoms with Crippen LogP contribution in [0.15, 0.2) is 12.7 Å². The van der Waals surface area contributed by atoms with Crippen LogP contribution in [0.25, 0.3) is 11.0 Å². The van der Waals surface area contributed by atoms with Crippen molar-refractivity contribution in [1.29, 1.82) is 0 Å². The third kappa shape index (κ3) is 1.91. The second kappa shape index (κ2) is 4.59. The van der Waals surface area contributed by atoms with E-state index in [1.165, 1.54) is 6.33 Å². The zero-order valence-electron chi connectivity index (χ0n) is 11.8. The number of rotatable bonds is 3. The van der Waals surface area contributed by atoms with E-state index in [2.05, 4.69) is 31.5 Å². The Hall–Kier alpha value is -2.44. The third-order valence-corrected chi connectivity index (χ3v) is 3.64. The molecule has 0 aliphatic carbocycles. The smallest absolute Gasteiger partial charge is 0.152 e. The van der Waals surface area contributed by atoms with Gasteiger partial charge in [0, 0.05) is 25.7 Å². The van der Waals surface area contributed by atoms with Crippen molar-refractivity contribution in [3.05, 3.63) is 29.7 Å². The summed E-state index contributed by atoms with van der Waals surface area (Å²) in [6.45, 7) is 4.89. The van der Waals surface area contributed by atoms with Gasteiger partial charge in [-0.15, -0.1) is 0 Å². The van der Waals surface area contributed by atoms with Gasteiger partial charge in [-0.2, -0.15) is 5.10 Å². The topological polar surface area (TPSA) is 87.4 Å². The number of fused-ring (bicyclic) bond motifs is 1. The maximum Gasteiger partial charge on any atom is 0.152 e. The second-order valence-electron chi connectivity index (χ2n) is 4.90. The van der Waals surface area contributed by atoms with E-state index in [1.54, 1.807) is 11.0 Å². The molecule has 0 saturated heterocycles. The number of nitrogen functional groups attached to an aromatic ring is 1. The lowest BCUT2D eigenvalue weighted by Crippen LogP contribution is -2.06. The molecule has 3 aromatic heterocycles. The fraction of sp³-hybridized carbons (Fsp3) is 0.385. The van der Waals surface area contributed by atoms with Gasteiger partial charge in [0.05, 0.1) is 5.39 Å². The number of aromatic nitrogens is 6. The summed E-state index contributed by atoms with van der Waals surface area (Å²) >= 11 is 0. The Bertz CT molecular complexity index is 768. The highest BCUT2D eigenvalue weighted by atomic mass is 15.3. The van der Waals surface area contributed by atoms with Crippen molar-refractivity contribution in [2.24, 2.45) is 7.05 Å². The second-order valence-corrected chi connectivity index (χ2v) is 4.90. The minimum atomic E-state index is 0.533. The van der Waals surface area contributed by atoms with Gasteiger partial charge in [-0.3, -0.25) is 4.68 Å². The molecule has 2 N–H and O–H groups in total. The van der Waals surface area contributed by atoms with Crippen LogP contribution in [0, 0.1) is 13.8 Å². The van der Waals surface area contributed by atoms with Gasteiger partial charge >= 0.3 is 0 Å². The maximum atomic E-state index is 5.96. The first kappa shape index (κ1) is 12.6. The average molecular weight is 271 g/mol. The molecule has 3 rings (SSSR count). The molecule has 0 aliphatic heterocycles. The molecule has 0 aromatic carbocycles. The summed E-state index contributed by atoms with van der Waals surface area (Å²) in [6.07, 6.45) is 3.97. The van der Waals surface area contributed by atoms with Gasteiger partial charge in [0.15, 0.2) is 5.82 Å². The largest absolute Gasteiger partial charge is 0.383 e. The van der Waals surface area contributed by atoms with E-state index < -0.39 is 0 Å². The van der Waals surface area contributed by atoms with Crippen molar-refractivity contribution in [3.63, 3.8) is 0 Å². The lowest BCUT2D eigenvalue weighted by molar-refractivity contribution is 0.658. The number of anilines is 1. The maximum absolute atomic E-state index is 5.96. The molecule has 20 heavy (non-hydrogen) atoms. The van der Waals surface area contributed by atoms with Gasteiger partial charge in [0.2, 0.25) is 0 Å². The van der Waals surface area contributed by atoms with Gasteiger partial charge in [-0.1, -0.05) is 0 Å². The van der Waals surface area contributed by atoms with Crippen LogP contribution in [-0.2, 0) is 20.0 Å². The van der Waals surface area contributed by atoms with Crippen LogP contribution >= 0.6 is 0 Å². The summed E-state index contributed by atoms with van der Waals surface area (Å²) in [5.74, 6) is 1.36. The molecule has 0 fully saturated rings. The Balaban J connectivity index is 1.99. The van der Waals surface area contributed by atoms with Crippen LogP contribution in [0.1, 0.15) is 17.1 Å². The Morgan fingerprint density at radius 2 is 2.00 bits per heavy atom. The third-order valence-electron chi connectivity index (χ3n) is 3.64. The van der Waals surface area contributed by atoms with Gasteiger partial charge in [-0.25, -0.2) is 15.0 Å². The zero-order valence-corrected chi connectivity index (χ0v) is 11.8. The van der Waals surface area contributed by atoms with Crippen LogP contribution in [0.5, 0.6) is 0 Å². The van der Waals surface area contributed by atoms with Gasteiger partial charge in [-0.05, 0) is 19.4 Å². The van der Waals surface area contributed by atoms with E-state index in [0.29, 0.717) is 5.82 Å². The molecule has 0 atom stereocenters. The summed E-state index contributed by atoms with van der Waals surface area (Å²) in [7, 11) is 1.87. The van der Waals surface area contributed by atoms with Crippen LogP contribution in [0.2, 0.25) is 0 Å². The van der Waals surface area contributed by atoms with E-state index in [0.717, 1.165) is 41.1 Å². The van der Waals surface area contributed by atoms with Crippen LogP contribution in [0.4, 0.5) is 5.82 Å². The van der Waals surface area contributed by atoms with Gasteiger partial charge < -0.3 is 10.3 Å². The minimum Gasteiger partial charge on any atom is -0.383 e. The predicted molar refractivity (Wildman–Crippen MR) is 76.1 cm³/mol. The first-order valence-corrected chi connectivity index (χ1v) is 6.48. The monoisotopic (exact) mass is 271 g/mol. The first-order chi connectivity index (χ1) is 9.58. The lowest BCUT2D eigenvalue weighted by atomic mass is 10.2. The summed E-state index contributed by atoms with van der Waals surface area (Å²) < 4.78 is 3.86. The molecule has 0 spiro atoms. The van der Waals surface area contributed by atoms with Crippen LogP contribution in [-0.4, -0.2) is 29.3 Å². The number of hydrogen-bond acceptors (Lipinski definition) is 5. The summed E-state index contributed by atoms with van der Waals surface area (Å²) in [5.41, 5.74) is 9.12. The highest BCUT2D eigenvalue weighted by Crippen LogP contribution is 2.26. The highest BCUT2D eigenvalue weighted by Gasteiger charge is 2.15. The number of aryl methyl sites for hydroxylation is 4. The standard InChI is InChI=1S/C13H17N7/c1-8-9(2)20(5-4-10-17-7-19(3)18-10)13-11(8)12(14)15-6-16-13/h6-7H,4-5H2,1-3H3,(H2,14,15,16). The highest BCUT2D eigenvalue weighted by molar-refractivity contribution is 5.90. The van der Waals surface area contributed by atoms with Gasteiger partial charge in [0.1, 0.15) is 24.1 Å². The molecule has 0 aliphatic rings. The summed E-state index contributed by atoms with van der Waals surface area (Å²) in [6, 6.07) is 0. The zero-order chi connectivity index (χ0) is 14.3. The summed E-state index contributed by atoms with van der Waals surface area (Å²) in [4.78, 5) is 12.7. The molecule has 104 valence electrons. The number of nitrogens with two attached hydrogens (primary N) is 1. The normalized spacial score (nSPS) is 11.3. The Kier molecular flexibility index (Phi) is 2.89. The fourth-order valence-electron chi connectivity index (χ4n) is 2.48. The van der Waals surface area contributed by atoms with E-state index in [-0.39, 0.29) is 0 Å². The Labute approximate surface area is 116 Å². The molecule has 7 heteroatoms. The number of nitrogens with zero attached hydrogens (tertiary/aromatic N) is 6. The predicted octanol–water partition coefficient (Wildman–Crippen LogP) is 1.00. The van der Waals surface area contributed by atoms with Crippen molar-refractivity contribution < 1.29 is 0 Å². The van der Waals surface area contributed by atoms with Gasteiger partial charge in [0.25, 0.3) is 0 Å². The van der Waals surface area contributed by atoms with E-state index in [1.807, 2.05) is 14.0 Å². The van der Waals surface area contributed by atoms with Crippen molar-refractivity contribution in [1.82, 2.24) is 29.3 Å². The van der Waals surface area contributed by atoms with E-state index in [4.69, 9.17) is 5.73 Å². The van der Waals surface area contributed by atoms with E-state index in [9.17, 15) is 0 Å². The lowest BCUT2D eigenvalue weighted by Gasteiger charge is -2.05. The van der Waals surface area contributed by atoms with Crippen LogP contribution in [0.3, 0.4) is 0 Å². The van der Waals surface area contributed by atoms with Crippen molar-refractivity contribution in [3.8, 4) is 0 Å². The Morgan fingerprint density at radius 3 is 2.70 bits per heavy atom. The molecule has 7 nitrogen and oxygen atoms in total. The minimum absolute atomic E-state index is 0.533. The fourth-order valence-corrected chi connectivity index (χ4v) is 2.48. The molecule has 3 heterocycles. The summed E-state index contributed by atoms with van der Waals surface area (Å²) in [5, 5.41) is 5.24. The van der Waals surface area contributed by atoms with E-state index >= 15 is 0 Å². The molecule has 3 aromatic rings. The first-order valence-electron chi connectivity index (χ1n) is 6.48. The molecule has 0 saturated carbocycles. The van der Waals surface area contributed by atoms with Crippen LogP contribution < -0.4 is 5.73 Å². The van der Waals surface area contributed by atoms with Crippen molar-refractivity contribution in [2.75, 3.05) is 5.73 Å². The Morgan fingerprint density at radius 1 is 1.20 bits per heavy atom. The average Bonchev–Trinajstić information content (AvgIpc) is 2.93.